The maximum absolute atomic E-state index is 4.33. The Labute approximate surface area is 85.4 Å². The highest BCUT2D eigenvalue weighted by atomic mass is 14.8. The summed E-state index contributed by atoms with van der Waals surface area (Å²) in [5.74, 6) is 0. The van der Waals surface area contributed by atoms with E-state index in [0.29, 0.717) is 0 Å². The SMILES string of the molecule is CN=CC(C)N=CCc1ccccc1. The fourth-order valence-electron chi connectivity index (χ4n) is 1.19. The van der Waals surface area contributed by atoms with Gasteiger partial charge in [0, 0.05) is 25.9 Å². The molecule has 0 aromatic heterocycles. The van der Waals surface area contributed by atoms with Crippen molar-refractivity contribution in [2.45, 2.75) is 19.4 Å². The summed E-state index contributed by atoms with van der Waals surface area (Å²) in [6.45, 7) is 2.02. The van der Waals surface area contributed by atoms with E-state index in [1.807, 2.05) is 37.6 Å². The fraction of sp³-hybridized carbons (Fsp3) is 0.333. The Morgan fingerprint density at radius 1 is 1.29 bits per heavy atom. The molecule has 0 amide bonds. The second-order valence-corrected chi connectivity index (χ2v) is 3.17. The Morgan fingerprint density at radius 2 is 2.00 bits per heavy atom. The van der Waals surface area contributed by atoms with E-state index in [1.165, 1.54) is 5.56 Å². The molecule has 1 unspecified atom stereocenters. The topological polar surface area (TPSA) is 24.7 Å². The Balaban J connectivity index is 2.41. The van der Waals surface area contributed by atoms with Gasteiger partial charge in [-0.1, -0.05) is 30.3 Å². The maximum atomic E-state index is 4.33. The van der Waals surface area contributed by atoms with Crippen molar-refractivity contribution in [2.75, 3.05) is 7.05 Å². The molecule has 2 nitrogen and oxygen atoms in total. The van der Waals surface area contributed by atoms with Crippen LogP contribution in [0.4, 0.5) is 0 Å². The molecule has 1 aromatic carbocycles. The summed E-state index contributed by atoms with van der Waals surface area (Å²) in [4.78, 5) is 8.26. The molecule has 0 aliphatic heterocycles. The molecule has 0 aliphatic carbocycles. The van der Waals surface area contributed by atoms with Gasteiger partial charge in [0.2, 0.25) is 0 Å². The van der Waals surface area contributed by atoms with Crippen LogP contribution in [-0.2, 0) is 6.42 Å². The Kier molecular flexibility index (Phi) is 4.62. The summed E-state index contributed by atoms with van der Waals surface area (Å²) in [5.41, 5.74) is 1.29. The molecular weight excluding hydrogens is 172 g/mol. The molecule has 1 aromatic rings. The third kappa shape index (κ3) is 3.99. The zero-order valence-corrected chi connectivity index (χ0v) is 8.72. The van der Waals surface area contributed by atoms with E-state index in [9.17, 15) is 0 Å². The maximum Gasteiger partial charge on any atom is 0.0814 e. The highest BCUT2D eigenvalue weighted by Crippen LogP contribution is 1.97. The highest BCUT2D eigenvalue weighted by Gasteiger charge is 1.90. The van der Waals surface area contributed by atoms with Crippen molar-refractivity contribution >= 4 is 12.4 Å². The zero-order chi connectivity index (χ0) is 10.2. The minimum Gasteiger partial charge on any atom is -0.299 e. The average Bonchev–Trinajstić information content (AvgIpc) is 2.20. The van der Waals surface area contributed by atoms with Crippen LogP contribution in [0, 0.1) is 0 Å². The second-order valence-electron chi connectivity index (χ2n) is 3.17. The van der Waals surface area contributed by atoms with E-state index in [-0.39, 0.29) is 6.04 Å². The van der Waals surface area contributed by atoms with Crippen LogP contribution in [0.25, 0.3) is 0 Å². The molecule has 74 valence electrons. The van der Waals surface area contributed by atoms with Crippen molar-refractivity contribution < 1.29 is 0 Å². The molecule has 14 heavy (non-hydrogen) atoms. The van der Waals surface area contributed by atoms with Crippen molar-refractivity contribution in [3.05, 3.63) is 35.9 Å². The lowest BCUT2D eigenvalue weighted by Gasteiger charge is -1.97. The van der Waals surface area contributed by atoms with Crippen LogP contribution in [-0.4, -0.2) is 25.5 Å². The molecule has 0 aliphatic rings. The van der Waals surface area contributed by atoms with Crippen LogP contribution in [0.1, 0.15) is 12.5 Å². The van der Waals surface area contributed by atoms with Crippen LogP contribution in [0.3, 0.4) is 0 Å². The van der Waals surface area contributed by atoms with Gasteiger partial charge in [0.1, 0.15) is 0 Å². The number of benzene rings is 1. The van der Waals surface area contributed by atoms with E-state index in [2.05, 4.69) is 22.1 Å². The second kappa shape index (κ2) is 6.08. The molecule has 0 saturated heterocycles. The summed E-state index contributed by atoms with van der Waals surface area (Å²) in [7, 11) is 1.77. The molecule has 2 heteroatoms. The van der Waals surface area contributed by atoms with Crippen molar-refractivity contribution in [2.24, 2.45) is 9.98 Å². The average molecular weight is 188 g/mol. The van der Waals surface area contributed by atoms with Crippen LogP contribution in [0.15, 0.2) is 40.3 Å². The van der Waals surface area contributed by atoms with Gasteiger partial charge < -0.3 is 0 Å². The minimum absolute atomic E-state index is 0.184. The molecule has 1 atom stereocenters. The summed E-state index contributed by atoms with van der Waals surface area (Å²) in [5, 5.41) is 0. The predicted octanol–water partition coefficient (Wildman–Crippen LogP) is 2.39. The van der Waals surface area contributed by atoms with Crippen LogP contribution in [0.2, 0.25) is 0 Å². The molecule has 0 heterocycles. The third-order valence-corrected chi connectivity index (χ3v) is 1.88. The van der Waals surface area contributed by atoms with E-state index >= 15 is 0 Å². The largest absolute Gasteiger partial charge is 0.299 e. The van der Waals surface area contributed by atoms with Crippen LogP contribution >= 0.6 is 0 Å². The quantitative estimate of drug-likeness (QED) is 0.648. The molecule has 0 N–H and O–H groups in total. The predicted molar refractivity (Wildman–Crippen MR) is 62.5 cm³/mol. The first-order valence-electron chi connectivity index (χ1n) is 4.80. The van der Waals surface area contributed by atoms with Gasteiger partial charge >= 0.3 is 0 Å². The van der Waals surface area contributed by atoms with Gasteiger partial charge in [0.05, 0.1) is 6.04 Å². The number of nitrogens with zero attached hydrogens (tertiary/aromatic N) is 2. The Morgan fingerprint density at radius 3 is 2.64 bits per heavy atom. The van der Waals surface area contributed by atoms with Gasteiger partial charge in [-0.15, -0.1) is 0 Å². The lowest BCUT2D eigenvalue weighted by atomic mass is 10.2. The summed E-state index contributed by atoms with van der Waals surface area (Å²) in [6.07, 6.45) is 4.67. The molecule has 0 fully saturated rings. The summed E-state index contributed by atoms with van der Waals surface area (Å²) < 4.78 is 0. The van der Waals surface area contributed by atoms with E-state index < -0.39 is 0 Å². The fourth-order valence-corrected chi connectivity index (χ4v) is 1.19. The number of hydrogen-bond donors (Lipinski definition) is 0. The number of hydrogen-bond acceptors (Lipinski definition) is 2. The Hall–Kier alpha value is -1.44. The van der Waals surface area contributed by atoms with Crippen molar-refractivity contribution in [1.29, 1.82) is 0 Å². The third-order valence-electron chi connectivity index (χ3n) is 1.88. The monoisotopic (exact) mass is 188 g/mol. The Bertz CT molecular complexity index is 301. The van der Waals surface area contributed by atoms with E-state index in [4.69, 9.17) is 0 Å². The zero-order valence-electron chi connectivity index (χ0n) is 8.72. The molecule has 1 rings (SSSR count). The summed E-state index contributed by atoms with van der Waals surface area (Å²) in [6, 6.07) is 10.5. The first kappa shape index (κ1) is 10.6. The smallest absolute Gasteiger partial charge is 0.0814 e. The van der Waals surface area contributed by atoms with Gasteiger partial charge in [-0.25, -0.2) is 0 Å². The molecule has 0 bridgehead atoms. The standard InChI is InChI=1S/C12H16N2/c1-11(10-13-2)14-9-8-12-6-4-3-5-7-12/h3-7,9-11H,8H2,1-2H3. The van der Waals surface area contributed by atoms with Crippen LogP contribution in [0.5, 0.6) is 0 Å². The van der Waals surface area contributed by atoms with E-state index in [0.717, 1.165) is 6.42 Å². The van der Waals surface area contributed by atoms with E-state index in [1.54, 1.807) is 7.05 Å². The summed E-state index contributed by atoms with van der Waals surface area (Å²) >= 11 is 0. The van der Waals surface area contributed by atoms with Gasteiger partial charge in [-0.2, -0.15) is 0 Å². The van der Waals surface area contributed by atoms with Crippen LogP contribution < -0.4 is 0 Å². The van der Waals surface area contributed by atoms with Gasteiger partial charge in [-0.05, 0) is 12.5 Å². The van der Waals surface area contributed by atoms with Crippen molar-refractivity contribution in [3.8, 4) is 0 Å². The van der Waals surface area contributed by atoms with Gasteiger partial charge in [0.15, 0.2) is 0 Å². The minimum atomic E-state index is 0.184. The normalized spacial score (nSPS) is 13.9. The molecule has 0 radical (unpaired) electrons. The van der Waals surface area contributed by atoms with Crippen molar-refractivity contribution in [1.82, 2.24) is 0 Å². The number of rotatable bonds is 4. The lowest BCUT2D eigenvalue weighted by Crippen LogP contribution is -2.00. The van der Waals surface area contributed by atoms with Gasteiger partial charge in [0.25, 0.3) is 0 Å². The first-order valence-corrected chi connectivity index (χ1v) is 4.80. The van der Waals surface area contributed by atoms with Gasteiger partial charge in [-0.3, -0.25) is 9.98 Å². The highest BCUT2D eigenvalue weighted by molar-refractivity contribution is 5.69. The van der Waals surface area contributed by atoms with Crippen molar-refractivity contribution in [3.63, 3.8) is 0 Å². The first-order chi connectivity index (χ1) is 6.83. The molecule has 0 spiro atoms. The molecular formula is C12H16N2. The molecule has 0 saturated carbocycles. The lowest BCUT2D eigenvalue weighted by molar-refractivity contribution is 0.992. The number of aliphatic imine (C=N–C) groups is 2.